The van der Waals surface area contributed by atoms with Gasteiger partial charge in [0.05, 0.1) is 11.1 Å². The summed E-state index contributed by atoms with van der Waals surface area (Å²) in [5, 5.41) is 0. The average molecular weight is 474 g/mol. The van der Waals surface area contributed by atoms with E-state index in [1.165, 1.54) is 25.7 Å². The Hall–Kier alpha value is -0.680. The highest BCUT2D eigenvalue weighted by Gasteiger charge is 2.37. The Morgan fingerprint density at radius 2 is 1.08 bits per heavy atom. The maximum Gasteiger partial charge on any atom is 0.347 e. The smallest absolute Gasteiger partial charge is 0.347 e. The molecule has 0 saturated carbocycles. The lowest BCUT2D eigenvalue weighted by Crippen LogP contribution is -2.07. The number of hydrogen-bond acceptors (Lipinski definition) is 3. The maximum atomic E-state index is 12.3. The molecule has 1 heterocycles. The number of unbranched alkanes of at least 4 members (excludes halogenated alkanes) is 6. The van der Waals surface area contributed by atoms with E-state index < -0.39 is 11.9 Å². The summed E-state index contributed by atoms with van der Waals surface area (Å²) in [6.45, 7) is 4.35. The molecule has 1 aliphatic rings. The van der Waals surface area contributed by atoms with E-state index in [2.05, 4.69) is 45.7 Å². The summed E-state index contributed by atoms with van der Waals surface area (Å²) < 4.78 is 6.76. The lowest BCUT2D eigenvalue weighted by molar-refractivity contribution is 0.0443. The fourth-order valence-corrected chi connectivity index (χ4v) is 4.62. The zero-order chi connectivity index (χ0) is 18.4. The minimum atomic E-state index is -0.492. The molecule has 0 spiro atoms. The predicted molar refractivity (Wildman–Crippen MR) is 107 cm³/mol. The largest absolute Gasteiger partial charge is 0.386 e. The predicted octanol–water partition coefficient (Wildman–Crippen LogP) is 6.77. The van der Waals surface area contributed by atoms with Gasteiger partial charge in [0.25, 0.3) is 0 Å². The molecule has 3 nitrogen and oxygen atoms in total. The molecule has 0 amide bonds. The summed E-state index contributed by atoms with van der Waals surface area (Å²) >= 11 is 7.32. The summed E-state index contributed by atoms with van der Waals surface area (Å²) in [6.07, 6.45) is 10.5. The molecule has 1 aromatic rings. The molecule has 0 fully saturated rings. The second kappa shape index (κ2) is 9.86. The molecular weight excluding hydrogens is 448 g/mol. The van der Waals surface area contributed by atoms with Crippen LogP contribution >= 0.6 is 31.9 Å². The second-order valence-corrected chi connectivity index (χ2v) is 8.22. The van der Waals surface area contributed by atoms with Gasteiger partial charge in [-0.3, -0.25) is 0 Å². The number of hydrogen-bond donors (Lipinski definition) is 0. The van der Waals surface area contributed by atoms with Gasteiger partial charge in [-0.05, 0) is 68.7 Å². The van der Waals surface area contributed by atoms with Crippen molar-refractivity contribution in [3.05, 3.63) is 31.2 Å². The molecule has 138 valence electrons. The van der Waals surface area contributed by atoms with Crippen molar-refractivity contribution in [2.45, 2.75) is 78.1 Å². The molecule has 0 unspecified atom stereocenters. The van der Waals surface area contributed by atoms with Crippen molar-refractivity contribution in [1.29, 1.82) is 0 Å². The van der Waals surface area contributed by atoms with Crippen molar-refractivity contribution in [2.75, 3.05) is 0 Å². The van der Waals surface area contributed by atoms with E-state index in [1.54, 1.807) is 0 Å². The highest BCUT2D eigenvalue weighted by atomic mass is 79.9. The number of halogens is 2. The van der Waals surface area contributed by atoms with E-state index in [9.17, 15) is 9.59 Å². The number of carbonyl (C=O) groups is 2. The molecule has 1 aromatic carbocycles. The first kappa shape index (κ1) is 20.6. The average Bonchev–Trinajstić information content (AvgIpc) is 2.88. The third-order valence-corrected chi connectivity index (χ3v) is 7.01. The molecule has 5 heteroatoms. The van der Waals surface area contributed by atoms with Crippen molar-refractivity contribution in [1.82, 2.24) is 0 Å². The fraction of sp³-hybridized carbons (Fsp3) is 0.600. The van der Waals surface area contributed by atoms with Crippen molar-refractivity contribution >= 4 is 43.8 Å². The van der Waals surface area contributed by atoms with Gasteiger partial charge < -0.3 is 4.74 Å². The molecule has 0 radical (unpaired) electrons. The molecule has 2 rings (SSSR count). The van der Waals surface area contributed by atoms with E-state index in [0.717, 1.165) is 58.6 Å². The Labute approximate surface area is 167 Å². The van der Waals surface area contributed by atoms with Gasteiger partial charge in [-0.1, -0.05) is 52.4 Å². The van der Waals surface area contributed by atoms with Crippen molar-refractivity contribution < 1.29 is 14.3 Å². The number of esters is 2. The number of rotatable bonds is 10. The quantitative estimate of drug-likeness (QED) is 0.214. The lowest BCUT2D eigenvalue weighted by Gasteiger charge is -2.15. The van der Waals surface area contributed by atoms with Crippen molar-refractivity contribution in [2.24, 2.45) is 0 Å². The first-order valence-corrected chi connectivity index (χ1v) is 10.9. The van der Waals surface area contributed by atoms with Gasteiger partial charge >= 0.3 is 11.9 Å². The summed E-state index contributed by atoms with van der Waals surface area (Å²) in [6, 6.07) is 0. The van der Waals surface area contributed by atoms with Crippen LogP contribution in [-0.4, -0.2) is 11.9 Å². The van der Waals surface area contributed by atoms with Crippen LogP contribution in [-0.2, 0) is 17.6 Å². The van der Waals surface area contributed by atoms with E-state index in [4.69, 9.17) is 4.74 Å². The molecule has 0 atom stereocenters. The van der Waals surface area contributed by atoms with Crippen LogP contribution < -0.4 is 0 Å². The SMILES string of the molecule is CCCCCCc1c(Br)c(Br)c(CCCCCC)c2c1C(=O)OC2=O. The summed E-state index contributed by atoms with van der Waals surface area (Å²) in [4.78, 5) is 24.6. The third-order valence-electron chi connectivity index (χ3n) is 4.73. The standard InChI is InChI=1S/C20H26Br2O3/c1-3-5-7-9-11-13-15-16(20(24)25-19(15)23)14(18(22)17(13)21)12-10-8-6-4-2/h3-12H2,1-2H3. The zero-order valence-electron chi connectivity index (χ0n) is 15.1. The lowest BCUT2D eigenvalue weighted by atomic mass is 9.91. The van der Waals surface area contributed by atoms with Crippen LogP contribution in [0.4, 0.5) is 0 Å². The first-order chi connectivity index (χ1) is 12.0. The molecule has 0 aromatic heterocycles. The van der Waals surface area contributed by atoms with Crippen LogP contribution in [0, 0.1) is 0 Å². The van der Waals surface area contributed by atoms with E-state index in [0.29, 0.717) is 11.1 Å². The third kappa shape index (κ3) is 4.73. The van der Waals surface area contributed by atoms with Crippen LogP contribution in [0.15, 0.2) is 8.95 Å². The Bertz CT molecular complexity index is 598. The zero-order valence-corrected chi connectivity index (χ0v) is 18.2. The minimum Gasteiger partial charge on any atom is -0.386 e. The van der Waals surface area contributed by atoms with Gasteiger partial charge in [0.1, 0.15) is 0 Å². The Kier molecular flexibility index (Phi) is 8.14. The van der Waals surface area contributed by atoms with Crippen molar-refractivity contribution in [3.63, 3.8) is 0 Å². The van der Waals surface area contributed by atoms with Crippen LogP contribution in [0.1, 0.15) is 97.1 Å². The number of carbonyl (C=O) groups excluding carboxylic acids is 2. The Balaban J connectivity index is 2.35. The molecule has 0 saturated heterocycles. The van der Waals surface area contributed by atoms with Gasteiger partial charge in [0.2, 0.25) is 0 Å². The molecule has 1 aliphatic heterocycles. The highest BCUT2D eigenvalue weighted by Crippen LogP contribution is 2.41. The van der Waals surface area contributed by atoms with Gasteiger partial charge in [-0.25, -0.2) is 9.59 Å². The van der Waals surface area contributed by atoms with Gasteiger partial charge in [-0.15, -0.1) is 0 Å². The first-order valence-electron chi connectivity index (χ1n) is 9.32. The minimum absolute atomic E-state index is 0.488. The van der Waals surface area contributed by atoms with E-state index in [1.807, 2.05) is 0 Å². The van der Waals surface area contributed by atoms with Crippen LogP contribution in [0.5, 0.6) is 0 Å². The van der Waals surface area contributed by atoms with Crippen LogP contribution in [0.2, 0.25) is 0 Å². The number of benzene rings is 1. The topological polar surface area (TPSA) is 43.4 Å². The normalized spacial score (nSPS) is 13.3. The maximum absolute atomic E-state index is 12.3. The molecule has 0 aliphatic carbocycles. The summed E-state index contributed by atoms with van der Waals surface area (Å²) in [5.41, 5.74) is 2.79. The fourth-order valence-electron chi connectivity index (χ4n) is 3.35. The van der Waals surface area contributed by atoms with Gasteiger partial charge in [-0.2, -0.15) is 0 Å². The van der Waals surface area contributed by atoms with Crippen LogP contribution in [0.3, 0.4) is 0 Å². The second-order valence-electron chi connectivity index (χ2n) is 6.63. The molecule has 0 bridgehead atoms. The summed E-state index contributed by atoms with van der Waals surface area (Å²) in [5.74, 6) is -0.984. The molecule has 25 heavy (non-hydrogen) atoms. The van der Waals surface area contributed by atoms with Gasteiger partial charge in [0, 0.05) is 8.95 Å². The monoisotopic (exact) mass is 472 g/mol. The van der Waals surface area contributed by atoms with Crippen molar-refractivity contribution in [3.8, 4) is 0 Å². The van der Waals surface area contributed by atoms with E-state index in [-0.39, 0.29) is 0 Å². The number of ether oxygens (including phenoxy) is 1. The van der Waals surface area contributed by atoms with E-state index >= 15 is 0 Å². The Morgan fingerprint density at radius 1 is 0.680 bits per heavy atom. The Morgan fingerprint density at radius 3 is 1.44 bits per heavy atom. The number of fused-ring (bicyclic) bond motifs is 1. The van der Waals surface area contributed by atoms with Gasteiger partial charge in [0.15, 0.2) is 0 Å². The number of cyclic esters (lactones) is 2. The highest BCUT2D eigenvalue weighted by molar-refractivity contribution is 9.13. The molecule has 0 N–H and O–H groups in total. The summed E-state index contributed by atoms with van der Waals surface area (Å²) in [7, 11) is 0. The molecular formula is C20H26Br2O3. The van der Waals surface area contributed by atoms with Crippen LogP contribution in [0.25, 0.3) is 0 Å².